The van der Waals surface area contributed by atoms with Gasteiger partial charge < -0.3 is 5.73 Å². The molecule has 2 N–H and O–H groups in total. The fourth-order valence-electron chi connectivity index (χ4n) is 1.40. The average molecular weight is 194 g/mol. The van der Waals surface area contributed by atoms with Crippen LogP contribution in [0.3, 0.4) is 0 Å². The van der Waals surface area contributed by atoms with Crippen molar-refractivity contribution in [3.63, 3.8) is 0 Å². The number of rotatable bonds is 3. The fraction of sp³-hybridized carbons (Fsp3) is 0.400. The summed E-state index contributed by atoms with van der Waals surface area (Å²) >= 11 is 4.71. The molecule has 70 valence electrons. The van der Waals surface area contributed by atoms with E-state index in [0.717, 1.165) is 35.3 Å². The van der Waals surface area contributed by atoms with Gasteiger partial charge in [-0.2, -0.15) is 4.36 Å². The molecule has 0 bridgehead atoms. The second-order valence-electron chi connectivity index (χ2n) is 2.94. The minimum absolute atomic E-state index is 0.747. The van der Waals surface area contributed by atoms with E-state index in [2.05, 4.69) is 30.3 Å². The molecule has 0 spiro atoms. The van der Waals surface area contributed by atoms with Crippen LogP contribution in [0.4, 0.5) is 11.4 Å². The van der Waals surface area contributed by atoms with E-state index in [9.17, 15) is 0 Å². The van der Waals surface area contributed by atoms with E-state index in [1.165, 1.54) is 0 Å². The number of aryl methyl sites for hydroxylation is 2. The SMILES string of the molecule is CCc1ccc(CC)c(N=S)c1N. The Bertz CT molecular complexity index is 321. The first kappa shape index (κ1) is 10.1. The Morgan fingerprint density at radius 2 is 1.77 bits per heavy atom. The molecule has 1 rings (SSSR count). The van der Waals surface area contributed by atoms with Crippen molar-refractivity contribution in [2.45, 2.75) is 26.7 Å². The molecule has 0 aliphatic heterocycles. The number of nitrogen functional groups attached to an aromatic ring is 1. The molecule has 0 saturated carbocycles. The van der Waals surface area contributed by atoms with Gasteiger partial charge in [-0.05, 0) is 24.0 Å². The standard InChI is InChI=1S/C10H14N2S/c1-3-7-5-6-8(4-2)10(12-13)9(7)11/h5-6H,3-4,11H2,1-2H3. The fourth-order valence-corrected chi connectivity index (χ4v) is 1.61. The summed E-state index contributed by atoms with van der Waals surface area (Å²) in [5.41, 5.74) is 9.71. The van der Waals surface area contributed by atoms with Gasteiger partial charge in [0.05, 0.1) is 5.69 Å². The molecule has 0 amide bonds. The Hall–Kier alpha value is -0.960. The summed E-state index contributed by atoms with van der Waals surface area (Å²) in [5, 5.41) is 0. The quantitative estimate of drug-likeness (QED) is 0.751. The van der Waals surface area contributed by atoms with E-state index >= 15 is 0 Å². The lowest BCUT2D eigenvalue weighted by atomic mass is 10.0. The minimum atomic E-state index is 0.747. The molecular weight excluding hydrogens is 180 g/mol. The highest BCUT2D eigenvalue weighted by atomic mass is 32.1. The summed E-state index contributed by atoms with van der Waals surface area (Å²) < 4.78 is 3.81. The normalized spacial score (nSPS) is 10.0. The maximum Gasteiger partial charge on any atom is 0.103 e. The van der Waals surface area contributed by atoms with E-state index in [-0.39, 0.29) is 0 Å². The highest BCUT2D eigenvalue weighted by molar-refractivity contribution is 7.47. The van der Waals surface area contributed by atoms with Gasteiger partial charge in [-0.25, -0.2) is 0 Å². The first-order valence-corrected chi connectivity index (χ1v) is 4.84. The number of nitrogens with two attached hydrogens (primary N) is 1. The maximum atomic E-state index is 5.92. The summed E-state index contributed by atoms with van der Waals surface area (Å²) in [5.74, 6) is 0. The predicted octanol–water partition coefficient (Wildman–Crippen LogP) is 2.76. The summed E-state index contributed by atoms with van der Waals surface area (Å²) in [4.78, 5) is 0. The molecule has 0 heterocycles. The molecule has 0 saturated heterocycles. The molecule has 0 radical (unpaired) electrons. The van der Waals surface area contributed by atoms with Crippen molar-refractivity contribution in [2.24, 2.45) is 4.36 Å². The highest BCUT2D eigenvalue weighted by Crippen LogP contribution is 2.30. The van der Waals surface area contributed by atoms with Crippen LogP contribution in [0.2, 0.25) is 0 Å². The average Bonchev–Trinajstić information content (AvgIpc) is 2.17. The van der Waals surface area contributed by atoms with Crippen LogP contribution in [0.25, 0.3) is 0 Å². The Morgan fingerprint density at radius 3 is 2.23 bits per heavy atom. The van der Waals surface area contributed by atoms with Gasteiger partial charge >= 0.3 is 0 Å². The third kappa shape index (κ3) is 1.86. The van der Waals surface area contributed by atoms with Crippen molar-refractivity contribution < 1.29 is 0 Å². The first-order valence-electron chi connectivity index (χ1n) is 4.48. The van der Waals surface area contributed by atoms with Crippen molar-refractivity contribution in [3.05, 3.63) is 23.3 Å². The van der Waals surface area contributed by atoms with Crippen LogP contribution in [-0.4, -0.2) is 0 Å². The summed E-state index contributed by atoms with van der Waals surface area (Å²) in [6.45, 7) is 4.15. The molecule has 2 nitrogen and oxygen atoms in total. The maximum absolute atomic E-state index is 5.92. The van der Waals surface area contributed by atoms with Crippen molar-refractivity contribution in [3.8, 4) is 0 Å². The summed E-state index contributed by atoms with van der Waals surface area (Å²) in [7, 11) is 0. The molecule has 1 aromatic rings. The van der Waals surface area contributed by atoms with Crippen LogP contribution in [0, 0.1) is 0 Å². The molecule has 0 fully saturated rings. The van der Waals surface area contributed by atoms with Gasteiger partial charge in [0.2, 0.25) is 0 Å². The van der Waals surface area contributed by atoms with Crippen molar-refractivity contribution >= 4 is 23.8 Å². The number of anilines is 1. The first-order chi connectivity index (χ1) is 6.24. The number of hydrogen-bond acceptors (Lipinski definition) is 3. The monoisotopic (exact) mass is 194 g/mol. The Kier molecular flexibility index (Phi) is 3.37. The second-order valence-corrected chi connectivity index (χ2v) is 3.13. The third-order valence-corrected chi connectivity index (χ3v) is 2.43. The number of benzene rings is 1. The van der Waals surface area contributed by atoms with Crippen LogP contribution in [-0.2, 0) is 25.3 Å². The molecule has 0 atom stereocenters. The summed E-state index contributed by atoms with van der Waals surface area (Å²) in [6.07, 6.45) is 1.84. The third-order valence-electron chi connectivity index (χ3n) is 2.24. The van der Waals surface area contributed by atoms with Gasteiger partial charge in [0.15, 0.2) is 0 Å². The number of nitrogens with zero attached hydrogens (tertiary/aromatic N) is 1. The largest absolute Gasteiger partial charge is 0.397 e. The lowest BCUT2D eigenvalue weighted by molar-refractivity contribution is 1.10. The zero-order valence-corrected chi connectivity index (χ0v) is 8.82. The van der Waals surface area contributed by atoms with Crippen molar-refractivity contribution in [1.82, 2.24) is 0 Å². The van der Waals surface area contributed by atoms with E-state index in [0.29, 0.717) is 0 Å². The molecule has 13 heavy (non-hydrogen) atoms. The number of hydrogen-bond donors (Lipinski definition) is 1. The topological polar surface area (TPSA) is 38.4 Å². The van der Waals surface area contributed by atoms with Gasteiger partial charge in [-0.1, -0.05) is 26.0 Å². The molecule has 0 aromatic heterocycles. The zero-order chi connectivity index (χ0) is 9.84. The highest BCUT2D eigenvalue weighted by Gasteiger charge is 2.07. The van der Waals surface area contributed by atoms with Crippen LogP contribution < -0.4 is 5.73 Å². The molecule has 0 aliphatic rings. The molecule has 3 heteroatoms. The Balaban J connectivity index is 3.31. The Morgan fingerprint density at radius 1 is 1.23 bits per heavy atom. The Labute approximate surface area is 84.3 Å². The van der Waals surface area contributed by atoms with Crippen molar-refractivity contribution in [1.29, 1.82) is 0 Å². The molecule has 0 aliphatic carbocycles. The lowest BCUT2D eigenvalue weighted by Gasteiger charge is -2.09. The van der Waals surface area contributed by atoms with E-state index in [1.54, 1.807) is 0 Å². The predicted molar refractivity (Wildman–Crippen MR) is 59.1 cm³/mol. The zero-order valence-electron chi connectivity index (χ0n) is 8.00. The van der Waals surface area contributed by atoms with Gasteiger partial charge in [-0.3, -0.25) is 0 Å². The second kappa shape index (κ2) is 4.33. The van der Waals surface area contributed by atoms with E-state index in [1.807, 2.05) is 0 Å². The van der Waals surface area contributed by atoms with Gasteiger partial charge in [-0.15, -0.1) is 0 Å². The van der Waals surface area contributed by atoms with Crippen LogP contribution in [0.1, 0.15) is 25.0 Å². The van der Waals surface area contributed by atoms with Gasteiger partial charge in [0, 0.05) is 12.4 Å². The van der Waals surface area contributed by atoms with Crippen LogP contribution in [0.15, 0.2) is 16.5 Å². The lowest BCUT2D eigenvalue weighted by Crippen LogP contribution is -1.96. The van der Waals surface area contributed by atoms with E-state index in [4.69, 9.17) is 18.2 Å². The molecule has 0 unspecified atom stereocenters. The van der Waals surface area contributed by atoms with Crippen molar-refractivity contribution in [2.75, 3.05) is 5.73 Å². The molecular formula is C10H14N2S. The minimum Gasteiger partial charge on any atom is -0.397 e. The summed E-state index contributed by atoms with van der Waals surface area (Å²) in [6, 6.07) is 4.11. The van der Waals surface area contributed by atoms with Gasteiger partial charge in [0.25, 0.3) is 0 Å². The van der Waals surface area contributed by atoms with Crippen LogP contribution in [0.5, 0.6) is 0 Å². The van der Waals surface area contributed by atoms with E-state index < -0.39 is 0 Å². The molecule has 1 aromatic carbocycles. The van der Waals surface area contributed by atoms with Crippen LogP contribution >= 0.6 is 0 Å². The smallest absolute Gasteiger partial charge is 0.103 e. The van der Waals surface area contributed by atoms with Gasteiger partial charge in [0.1, 0.15) is 5.69 Å².